The average molecular weight is 625 g/mol. The van der Waals surface area contributed by atoms with Crippen molar-refractivity contribution in [1.29, 1.82) is 0 Å². The van der Waals surface area contributed by atoms with Gasteiger partial charge in [-0.1, -0.05) is 35.9 Å². The number of carbonyl (C=O) groups is 1. The van der Waals surface area contributed by atoms with Crippen LogP contribution >= 0.6 is 11.6 Å². The van der Waals surface area contributed by atoms with E-state index in [2.05, 4.69) is 19.9 Å². The molecule has 2 aromatic carbocycles. The first-order chi connectivity index (χ1) is 20.3. The van der Waals surface area contributed by atoms with Gasteiger partial charge in [0.1, 0.15) is 11.4 Å². The number of nitrogens with zero attached hydrogens (tertiary/aromatic N) is 3. The van der Waals surface area contributed by atoms with Gasteiger partial charge in [-0.05, 0) is 85.1 Å². The van der Waals surface area contributed by atoms with Crippen LogP contribution in [-0.4, -0.2) is 48.5 Å². The summed E-state index contributed by atoms with van der Waals surface area (Å²) in [6.07, 6.45) is -3.32. The molecule has 0 unspecified atom stereocenters. The van der Waals surface area contributed by atoms with E-state index in [0.717, 1.165) is 23.9 Å². The number of aromatic nitrogens is 1. The predicted molar refractivity (Wildman–Crippen MR) is 150 cm³/mol. The number of fused-ring (bicyclic) bond motifs is 2. The molecule has 3 aromatic rings. The third-order valence-corrected chi connectivity index (χ3v) is 7.94. The molecule has 1 saturated heterocycles. The van der Waals surface area contributed by atoms with Crippen molar-refractivity contribution in [2.45, 2.75) is 37.3 Å². The molecule has 1 N–H and O–H groups in total. The molecule has 2 amide bonds. The lowest BCUT2D eigenvalue weighted by atomic mass is 9.74. The van der Waals surface area contributed by atoms with E-state index in [9.17, 15) is 31.1 Å². The van der Waals surface area contributed by atoms with Crippen LogP contribution < -0.4 is 15.0 Å². The third kappa shape index (κ3) is 7.42. The van der Waals surface area contributed by atoms with Gasteiger partial charge in [-0.2, -0.15) is 13.2 Å². The molecule has 6 nitrogen and oxygen atoms in total. The fraction of sp³-hybridized carbons (Fsp3) is 0.333. The van der Waals surface area contributed by atoms with Gasteiger partial charge in [0.2, 0.25) is 0 Å². The number of nitrogens with one attached hydrogen (secondary N) is 1. The summed E-state index contributed by atoms with van der Waals surface area (Å²) < 4.78 is 82.4. The number of hydrogen-bond donors (Lipinski definition) is 1. The molecule has 13 heteroatoms. The summed E-state index contributed by atoms with van der Waals surface area (Å²) in [6, 6.07) is 13.0. The molecule has 0 aliphatic carbocycles. The van der Waals surface area contributed by atoms with Crippen molar-refractivity contribution in [3.05, 3.63) is 94.3 Å². The maximum absolute atomic E-state index is 13.3. The Bertz CT molecular complexity index is 1490. The lowest BCUT2D eigenvalue weighted by molar-refractivity contribution is -0.274. The molecule has 2 aliphatic rings. The van der Waals surface area contributed by atoms with E-state index in [0.29, 0.717) is 48.7 Å². The number of rotatable bonds is 6. The van der Waals surface area contributed by atoms with Gasteiger partial charge in [-0.3, -0.25) is 14.8 Å². The fourth-order valence-corrected chi connectivity index (χ4v) is 5.67. The number of halogens is 7. The molecule has 1 spiro atoms. The van der Waals surface area contributed by atoms with E-state index in [-0.39, 0.29) is 24.4 Å². The van der Waals surface area contributed by atoms with Crippen LogP contribution in [0.2, 0.25) is 5.02 Å². The summed E-state index contributed by atoms with van der Waals surface area (Å²) in [7, 11) is 0. The Labute approximate surface area is 248 Å². The molecule has 0 saturated carbocycles. The van der Waals surface area contributed by atoms with Crippen LogP contribution in [0.3, 0.4) is 0 Å². The van der Waals surface area contributed by atoms with Gasteiger partial charge in [0.25, 0.3) is 0 Å². The summed E-state index contributed by atoms with van der Waals surface area (Å²) in [4.78, 5) is 20.3. The first kappa shape index (κ1) is 30.7. The number of urea groups is 1. The monoisotopic (exact) mass is 624 g/mol. The normalized spacial score (nSPS) is 17.0. The first-order valence-electron chi connectivity index (χ1n) is 13.4. The van der Waals surface area contributed by atoms with E-state index in [1.165, 1.54) is 23.1 Å². The highest BCUT2D eigenvalue weighted by molar-refractivity contribution is 6.30. The van der Waals surface area contributed by atoms with Crippen molar-refractivity contribution in [3.63, 3.8) is 0 Å². The summed E-state index contributed by atoms with van der Waals surface area (Å²) in [6.45, 7) is 1.97. The number of piperidine rings is 1. The van der Waals surface area contributed by atoms with Gasteiger partial charge in [0.15, 0.2) is 0 Å². The highest BCUT2D eigenvalue weighted by atomic mass is 35.5. The Morgan fingerprint density at radius 2 is 1.74 bits per heavy atom. The Hall–Kier alpha value is -3.77. The SMILES string of the molecule is O=C(NCc1ccnc(C(F)(F)F)c1)N1CC2(CCN(C/C=C/c3ccc(Cl)cc3)CC2)c2cc(OC(F)(F)F)ccc21. The molecule has 1 aromatic heterocycles. The zero-order chi connectivity index (χ0) is 30.8. The van der Waals surface area contributed by atoms with Crippen molar-refractivity contribution in [1.82, 2.24) is 15.2 Å². The Kier molecular flexibility index (Phi) is 8.62. The topological polar surface area (TPSA) is 57.7 Å². The summed E-state index contributed by atoms with van der Waals surface area (Å²) in [5.41, 5.74) is 0.532. The van der Waals surface area contributed by atoms with Crippen molar-refractivity contribution in [2.24, 2.45) is 0 Å². The highest BCUT2D eigenvalue weighted by Crippen LogP contribution is 2.48. The number of pyridine rings is 1. The fourth-order valence-electron chi connectivity index (χ4n) is 5.54. The molecule has 228 valence electrons. The van der Waals surface area contributed by atoms with Gasteiger partial charge in [-0.25, -0.2) is 4.79 Å². The lowest BCUT2D eigenvalue weighted by Crippen LogP contribution is -2.47. The predicted octanol–water partition coefficient (Wildman–Crippen LogP) is 7.43. The van der Waals surface area contributed by atoms with Gasteiger partial charge in [-0.15, -0.1) is 13.2 Å². The zero-order valence-corrected chi connectivity index (χ0v) is 23.4. The maximum Gasteiger partial charge on any atom is 0.573 e. The second kappa shape index (κ2) is 12.1. The van der Waals surface area contributed by atoms with Crippen LogP contribution in [0.4, 0.5) is 36.8 Å². The number of alkyl halides is 6. The standard InChI is InChI=1S/C30H27ClF6N4O2/c31-22-5-3-20(4-6-22)2-1-13-40-14-10-28(11-15-40)19-41(25-8-7-23(17-24(25)28)43-30(35,36)37)27(42)39-18-21-9-12-38-26(16-21)29(32,33)34/h1-9,12,16-17H,10-11,13-15,18-19H2,(H,39,42)/b2-1+. The minimum absolute atomic E-state index is 0.188. The van der Waals surface area contributed by atoms with Crippen LogP contribution in [0.1, 0.15) is 35.2 Å². The van der Waals surface area contributed by atoms with Crippen LogP contribution in [0.5, 0.6) is 5.75 Å². The summed E-state index contributed by atoms with van der Waals surface area (Å²) >= 11 is 5.94. The second-order valence-corrected chi connectivity index (χ2v) is 11.0. The van der Waals surface area contributed by atoms with E-state index in [1.54, 1.807) is 12.1 Å². The van der Waals surface area contributed by atoms with Gasteiger partial charge < -0.3 is 10.1 Å². The number of amides is 2. The highest BCUT2D eigenvalue weighted by Gasteiger charge is 2.47. The molecule has 0 radical (unpaired) electrons. The summed E-state index contributed by atoms with van der Waals surface area (Å²) in [5, 5.41) is 3.29. The van der Waals surface area contributed by atoms with Crippen molar-refractivity contribution in [3.8, 4) is 5.75 Å². The number of hydrogen-bond acceptors (Lipinski definition) is 4. The Balaban J connectivity index is 1.30. The van der Waals surface area contributed by atoms with E-state index >= 15 is 0 Å². The largest absolute Gasteiger partial charge is 0.573 e. The molecule has 0 bridgehead atoms. The van der Waals surface area contributed by atoms with Gasteiger partial charge in [0.05, 0.1) is 0 Å². The first-order valence-corrected chi connectivity index (χ1v) is 13.8. The van der Waals surface area contributed by atoms with E-state index in [4.69, 9.17) is 11.6 Å². The van der Waals surface area contributed by atoms with Crippen molar-refractivity contribution < 1.29 is 35.9 Å². The minimum atomic E-state index is -4.88. The van der Waals surface area contributed by atoms with Crippen LogP contribution in [0.15, 0.2) is 66.9 Å². The van der Waals surface area contributed by atoms with E-state index < -0.39 is 29.7 Å². The number of likely N-dealkylation sites (tertiary alicyclic amines) is 1. The van der Waals surface area contributed by atoms with Crippen molar-refractivity contribution in [2.75, 3.05) is 31.1 Å². The van der Waals surface area contributed by atoms with Crippen molar-refractivity contribution >= 4 is 29.4 Å². The van der Waals surface area contributed by atoms with Gasteiger partial charge in [0, 0.05) is 42.0 Å². The Morgan fingerprint density at radius 1 is 1.02 bits per heavy atom. The van der Waals surface area contributed by atoms with Crippen LogP contribution in [-0.2, 0) is 18.1 Å². The number of carbonyl (C=O) groups excluding carboxylic acids is 1. The molecule has 2 aliphatic heterocycles. The van der Waals surface area contributed by atoms with E-state index in [1.807, 2.05) is 24.3 Å². The molecule has 1 fully saturated rings. The maximum atomic E-state index is 13.3. The molecule has 5 rings (SSSR count). The van der Waals surface area contributed by atoms with Crippen LogP contribution in [0.25, 0.3) is 6.08 Å². The molecule has 0 atom stereocenters. The number of anilines is 1. The smallest absolute Gasteiger partial charge is 0.406 e. The third-order valence-electron chi connectivity index (χ3n) is 7.69. The zero-order valence-electron chi connectivity index (χ0n) is 22.7. The molecule has 43 heavy (non-hydrogen) atoms. The summed E-state index contributed by atoms with van der Waals surface area (Å²) in [5.74, 6) is -0.377. The number of ether oxygens (including phenoxy) is 1. The molecular weight excluding hydrogens is 598 g/mol. The lowest BCUT2D eigenvalue weighted by Gasteiger charge is -2.39. The van der Waals surface area contributed by atoms with Crippen LogP contribution in [0, 0.1) is 0 Å². The quantitative estimate of drug-likeness (QED) is 0.290. The Morgan fingerprint density at radius 3 is 2.42 bits per heavy atom. The molecular formula is C30H27ClF6N4O2. The van der Waals surface area contributed by atoms with Gasteiger partial charge >= 0.3 is 18.6 Å². The average Bonchev–Trinajstić information content (AvgIpc) is 3.26. The number of benzene rings is 2. The molecule has 3 heterocycles. The minimum Gasteiger partial charge on any atom is -0.406 e. The second-order valence-electron chi connectivity index (χ2n) is 10.6.